The molecule has 0 aromatic carbocycles. The van der Waals surface area contributed by atoms with Gasteiger partial charge in [-0.25, -0.2) is 0 Å². The van der Waals surface area contributed by atoms with Gasteiger partial charge in [0.05, 0.1) is 0 Å². The van der Waals surface area contributed by atoms with Gasteiger partial charge >= 0.3 is 0 Å². The molecule has 0 aromatic rings. The third kappa shape index (κ3) is 3.13. The molecule has 0 spiro atoms. The number of hydrogen-bond acceptors (Lipinski definition) is 1. The predicted molar refractivity (Wildman–Crippen MR) is 65.4 cm³/mol. The molecule has 0 bridgehead atoms. The van der Waals surface area contributed by atoms with Crippen molar-refractivity contribution in [2.75, 3.05) is 6.61 Å². The van der Waals surface area contributed by atoms with Crippen LogP contribution in [0, 0.1) is 0 Å². The highest BCUT2D eigenvalue weighted by molar-refractivity contribution is 5.49. The Morgan fingerprint density at radius 1 is 1.40 bits per heavy atom. The number of allylic oxidation sites excluding steroid dienone is 8. The van der Waals surface area contributed by atoms with Crippen LogP contribution in [0.3, 0.4) is 0 Å². The van der Waals surface area contributed by atoms with Gasteiger partial charge in [0.2, 0.25) is 0 Å². The van der Waals surface area contributed by atoms with Crippen LogP contribution in [-0.2, 0) is 4.74 Å². The topological polar surface area (TPSA) is 9.23 Å². The zero-order chi connectivity index (χ0) is 11.1. The minimum atomic E-state index is 0.564. The Labute approximate surface area is 91.5 Å². The summed E-state index contributed by atoms with van der Waals surface area (Å²) in [6.07, 6.45) is 13.4. The largest absolute Gasteiger partial charge is 0.489 e. The highest BCUT2D eigenvalue weighted by Gasteiger charge is 2.04. The van der Waals surface area contributed by atoms with Gasteiger partial charge in [-0.3, -0.25) is 0 Å². The van der Waals surface area contributed by atoms with Crippen LogP contribution < -0.4 is 0 Å². The summed E-state index contributed by atoms with van der Waals surface area (Å²) >= 11 is 0. The first-order valence-electron chi connectivity index (χ1n) is 4.94. The number of hydrogen-bond donors (Lipinski definition) is 0. The Bertz CT molecular complexity index is 365. The maximum Gasteiger partial charge on any atom is 0.127 e. The van der Waals surface area contributed by atoms with Crippen molar-refractivity contribution in [1.82, 2.24) is 0 Å². The fourth-order valence-corrected chi connectivity index (χ4v) is 1.29. The lowest BCUT2D eigenvalue weighted by Crippen LogP contribution is -1.95. The van der Waals surface area contributed by atoms with E-state index in [9.17, 15) is 0 Å². The van der Waals surface area contributed by atoms with Crippen molar-refractivity contribution in [1.29, 1.82) is 0 Å². The average molecular weight is 200 g/mol. The lowest BCUT2D eigenvalue weighted by molar-refractivity contribution is 0.259. The second-order valence-electron chi connectivity index (χ2n) is 3.11. The lowest BCUT2D eigenvalue weighted by atomic mass is 10.1. The lowest BCUT2D eigenvalue weighted by Gasteiger charge is -2.09. The summed E-state index contributed by atoms with van der Waals surface area (Å²) in [5, 5.41) is 0. The molecule has 1 heteroatoms. The minimum Gasteiger partial charge on any atom is -0.489 e. The average Bonchev–Trinajstić information content (AvgIpc) is 2.30. The van der Waals surface area contributed by atoms with Crippen molar-refractivity contribution in [3.05, 3.63) is 72.6 Å². The number of ether oxygens (including phenoxy) is 1. The monoisotopic (exact) mass is 200 g/mol. The second-order valence-corrected chi connectivity index (χ2v) is 3.11. The van der Waals surface area contributed by atoms with E-state index < -0.39 is 0 Å². The van der Waals surface area contributed by atoms with E-state index in [-0.39, 0.29) is 0 Å². The van der Waals surface area contributed by atoms with E-state index in [0.717, 1.165) is 16.9 Å². The van der Waals surface area contributed by atoms with Crippen molar-refractivity contribution in [3.8, 4) is 0 Å². The van der Waals surface area contributed by atoms with Crippen molar-refractivity contribution in [2.45, 2.75) is 6.92 Å². The van der Waals surface area contributed by atoms with Crippen LogP contribution in [0.15, 0.2) is 72.6 Å². The molecule has 1 aliphatic heterocycles. The summed E-state index contributed by atoms with van der Waals surface area (Å²) in [7, 11) is 0. The van der Waals surface area contributed by atoms with Gasteiger partial charge in [0.25, 0.3) is 0 Å². The third-order valence-electron chi connectivity index (χ3n) is 2.01. The van der Waals surface area contributed by atoms with Gasteiger partial charge in [0, 0.05) is 5.57 Å². The molecule has 0 fully saturated rings. The molecule has 0 radical (unpaired) electrons. The second kappa shape index (κ2) is 5.86. The summed E-state index contributed by atoms with van der Waals surface area (Å²) in [6.45, 7) is 10.3. The molecule has 0 saturated carbocycles. The fraction of sp³-hybridized carbons (Fsp3) is 0.143. The van der Waals surface area contributed by atoms with Crippen LogP contribution in [0.2, 0.25) is 0 Å². The zero-order valence-electron chi connectivity index (χ0n) is 9.07. The molecule has 1 heterocycles. The van der Waals surface area contributed by atoms with Gasteiger partial charge in [0.15, 0.2) is 0 Å². The van der Waals surface area contributed by atoms with E-state index >= 15 is 0 Å². The molecular weight excluding hydrogens is 184 g/mol. The maximum absolute atomic E-state index is 5.61. The molecule has 78 valence electrons. The van der Waals surface area contributed by atoms with Gasteiger partial charge in [-0.15, -0.1) is 0 Å². The van der Waals surface area contributed by atoms with Crippen molar-refractivity contribution in [3.63, 3.8) is 0 Å². The van der Waals surface area contributed by atoms with Crippen molar-refractivity contribution in [2.24, 2.45) is 0 Å². The highest BCUT2D eigenvalue weighted by Crippen LogP contribution is 2.19. The van der Waals surface area contributed by atoms with E-state index in [1.165, 1.54) is 0 Å². The minimum absolute atomic E-state index is 0.564. The van der Waals surface area contributed by atoms with E-state index in [4.69, 9.17) is 4.74 Å². The summed E-state index contributed by atoms with van der Waals surface area (Å²) in [5.74, 6) is 0.814. The maximum atomic E-state index is 5.61. The molecule has 15 heavy (non-hydrogen) atoms. The summed E-state index contributed by atoms with van der Waals surface area (Å²) in [5.41, 5.74) is 1.85. The molecule has 1 nitrogen and oxygen atoms in total. The Hall–Kier alpha value is -1.76. The quantitative estimate of drug-likeness (QED) is 0.660. The normalized spacial score (nSPS) is 26.3. The summed E-state index contributed by atoms with van der Waals surface area (Å²) in [4.78, 5) is 0. The Kier molecular flexibility index (Phi) is 4.42. The van der Waals surface area contributed by atoms with E-state index in [1.807, 2.05) is 43.4 Å². The molecule has 0 unspecified atom stereocenters. The van der Waals surface area contributed by atoms with Crippen LogP contribution in [0.5, 0.6) is 0 Å². The van der Waals surface area contributed by atoms with Crippen LogP contribution in [-0.4, -0.2) is 6.61 Å². The molecule has 1 rings (SSSR count). The standard InChI is InChI=1S/C14H16O/c1-4-9-14-13(5-2)12(3)10-7-6-8-11-15-14/h4-10H,2-3,11H2,1H3/b8-6-,9-4-,10-7-,14-13-. The van der Waals surface area contributed by atoms with Crippen LogP contribution in [0.4, 0.5) is 0 Å². The van der Waals surface area contributed by atoms with Crippen LogP contribution in [0.25, 0.3) is 0 Å². The first-order valence-corrected chi connectivity index (χ1v) is 4.94. The highest BCUT2D eigenvalue weighted by atomic mass is 16.5. The first kappa shape index (κ1) is 11.3. The summed E-state index contributed by atoms with van der Waals surface area (Å²) in [6, 6.07) is 0. The van der Waals surface area contributed by atoms with Gasteiger partial charge in [-0.1, -0.05) is 43.5 Å². The molecule has 0 atom stereocenters. The Balaban J connectivity index is 3.15. The Morgan fingerprint density at radius 3 is 2.87 bits per heavy atom. The summed E-state index contributed by atoms with van der Waals surface area (Å²) < 4.78 is 5.61. The SMILES string of the molecule is C=C/C1=C(\C=C/C)OC/C=C\C=C/C1=C. The fourth-order valence-electron chi connectivity index (χ4n) is 1.29. The van der Waals surface area contributed by atoms with Gasteiger partial charge < -0.3 is 4.74 Å². The van der Waals surface area contributed by atoms with Crippen LogP contribution >= 0.6 is 0 Å². The van der Waals surface area contributed by atoms with E-state index in [1.54, 1.807) is 6.08 Å². The van der Waals surface area contributed by atoms with Crippen LogP contribution in [0.1, 0.15) is 6.92 Å². The molecule has 0 amide bonds. The van der Waals surface area contributed by atoms with Crippen molar-refractivity contribution < 1.29 is 4.74 Å². The van der Waals surface area contributed by atoms with Gasteiger partial charge in [0.1, 0.15) is 12.4 Å². The molecule has 0 aromatic heterocycles. The third-order valence-corrected chi connectivity index (χ3v) is 2.01. The van der Waals surface area contributed by atoms with Crippen molar-refractivity contribution >= 4 is 0 Å². The molecule has 0 saturated heterocycles. The predicted octanol–water partition coefficient (Wildman–Crippen LogP) is 3.70. The molecule has 1 aliphatic rings. The molecule has 0 aliphatic carbocycles. The van der Waals surface area contributed by atoms with Gasteiger partial charge in [-0.2, -0.15) is 0 Å². The molecular formula is C14H16O. The Morgan fingerprint density at radius 2 is 2.20 bits per heavy atom. The smallest absolute Gasteiger partial charge is 0.127 e. The number of rotatable bonds is 2. The van der Waals surface area contributed by atoms with Gasteiger partial charge in [-0.05, 0) is 24.6 Å². The van der Waals surface area contributed by atoms with E-state index in [2.05, 4.69) is 13.2 Å². The zero-order valence-corrected chi connectivity index (χ0v) is 9.07. The molecule has 0 N–H and O–H groups in total. The van der Waals surface area contributed by atoms with E-state index in [0.29, 0.717) is 6.61 Å². The first-order chi connectivity index (χ1) is 7.29.